The Balaban J connectivity index is 2.42. The zero-order valence-electron chi connectivity index (χ0n) is 11.9. The summed E-state index contributed by atoms with van der Waals surface area (Å²) in [6.07, 6.45) is 1.84. The van der Waals surface area contributed by atoms with Gasteiger partial charge in [0.05, 0.1) is 18.6 Å². The van der Waals surface area contributed by atoms with Gasteiger partial charge in [0, 0.05) is 11.8 Å². The van der Waals surface area contributed by atoms with Crippen LogP contribution in [0, 0.1) is 6.92 Å². The van der Waals surface area contributed by atoms with E-state index >= 15 is 0 Å². The van der Waals surface area contributed by atoms with E-state index in [4.69, 9.17) is 4.74 Å². The molecular formula is C17H19NO. The molecule has 0 atom stereocenters. The van der Waals surface area contributed by atoms with Gasteiger partial charge in [0.15, 0.2) is 0 Å². The van der Waals surface area contributed by atoms with Gasteiger partial charge >= 0.3 is 0 Å². The summed E-state index contributed by atoms with van der Waals surface area (Å²) < 4.78 is 5.27. The van der Waals surface area contributed by atoms with Crippen LogP contribution in [0.2, 0.25) is 0 Å². The highest BCUT2D eigenvalue weighted by Crippen LogP contribution is 2.24. The predicted molar refractivity (Wildman–Crippen MR) is 79.7 cm³/mol. The molecule has 0 N–H and O–H groups in total. The fourth-order valence-electron chi connectivity index (χ4n) is 1.89. The molecule has 19 heavy (non-hydrogen) atoms. The molecule has 2 nitrogen and oxygen atoms in total. The van der Waals surface area contributed by atoms with E-state index in [2.05, 4.69) is 42.2 Å². The van der Waals surface area contributed by atoms with Gasteiger partial charge in [0.2, 0.25) is 0 Å². The summed E-state index contributed by atoms with van der Waals surface area (Å²) in [6.45, 7) is 6.08. The first kappa shape index (κ1) is 13.3. The summed E-state index contributed by atoms with van der Waals surface area (Å²) in [4.78, 5) is 4.41. The highest BCUT2D eigenvalue weighted by molar-refractivity contribution is 5.70. The number of nitrogens with zero attached hydrogens (tertiary/aromatic N) is 1. The summed E-state index contributed by atoms with van der Waals surface area (Å²) in [5.41, 5.74) is 5.67. The second-order valence-electron chi connectivity index (χ2n) is 4.68. The molecule has 98 valence electrons. The van der Waals surface area contributed by atoms with Gasteiger partial charge in [-0.3, -0.25) is 4.98 Å². The van der Waals surface area contributed by atoms with E-state index in [1.54, 1.807) is 7.11 Å². The van der Waals surface area contributed by atoms with Gasteiger partial charge < -0.3 is 4.74 Å². The number of hydrogen-bond acceptors (Lipinski definition) is 2. The lowest BCUT2D eigenvalue weighted by Crippen LogP contribution is -1.92. The molecule has 0 saturated heterocycles. The third kappa shape index (κ3) is 3.02. The Bertz CT molecular complexity index is 597. The molecule has 2 rings (SSSR count). The highest BCUT2D eigenvalue weighted by atomic mass is 16.5. The van der Waals surface area contributed by atoms with Crippen LogP contribution in [0.3, 0.4) is 0 Å². The van der Waals surface area contributed by atoms with Crippen LogP contribution >= 0.6 is 0 Å². The highest BCUT2D eigenvalue weighted by Gasteiger charge is 2.05. The molecule has 0 aliphatic carbocycles. The number of benzene rings is 1. The zero-order chi connectivity index (χ0) is 13.8. The van der Waals surface area contributed by atoms with Gasteiger partial charge in [0.1, 0.15) is 0 Å². The van der Waals surface area contributed by atoms with Gasteiger partial charge in [-0.15, -0.1) is 0 Å². The van der Waals surface area contributed by atoms with Crippen LogP contribution in [0.4, 0.5) is 0 Å². The van der Waals surface area contributed by atoms with Crippen molar-refractivity contribution in [2.75, 3.05) is 7.11 Å². The second-order valence-corrected chi connectivity index (χ2v) is 4.68. The van der Waals surface area contributed by atoms with Crippen molar-refractivity contribution in [3.05, 3.63) is 59.6 Å². The molecule has 0 radical (unpaired) electrons. The van der Waals surface area contributed by atoms with Crippen molar-refractivity contribution in [2.24, 2.45) is 0 Å². The molecule has 0 amide bonds. The van der Waals surface area contributed by atoms with E-state index in [9.17, 15) is 0 Å². The molecule has 0 aliphatic rings. The lowest BCUT2D eigenvalue weighted by Gasteiger charge is -2.08. The molecule has 1 aromatic carbocycles. The maximum atomic E-state index is 5.27. The van der Waals surface area contributed by atoms with Crippen LogP contribution in [0.15, 0.2) is 48.4 Å². The average Bonchev–Trinajstić information content (AvgIpc) is 2.46. The zero-order valence-corrected chi connectivity index (χ0v) is 11.9. The number of methoxy groups -OCH3 is 1. The van der Waals surface area contributed by atoms with Gasteiger partial charge in [-0.1, -0.05) is 29.8 Å². The summed E-state index contributed by atoms with van der Waals surface area (Å²) in [5.74, 6) is 0.897. The van der Waals surface area contributed by atoms with Crippen molar-refractivity contribution in [3.8, 4) is 11.1 Å². The molecule has 1 heterocycles. The van der Waals surface area contributed by atoms with E-state index in [0.717, 1.165) is 17.0 Å². The number of rotatable bonds is 3. The minimum atomic E-state index is 0.897. The van der Waals surface area contributed by atoms with Crippen LogP contribution in [-0.2, 0) is 4.74 Å². The van der Waals surface area contributed by atoms with Crippen molar-refractivity contribution < 1.29 is 4.74 Å². The Hall–Kier alpha value is -2.09. The third-order valence-corrected chi connectivity index (χ3v) is 3.36. The Kier molecular flexibility index (Phi) is 4.00. The fraction of sp³-hybridized carbons (Fsp3) is 0.235. The lowest BCUT2D eigenvalue weighted by molar-refractivity contribution is 0.295. The first-order valence-corrected chi connectivity index (χ1v) is 6.36. The Morgan fingerprint density at radius 3 is 2.32 bits per heavy atom. The summed E-state index contributed by atoms with van der Waals surface area (Å²) >= 11 is 0. The number of hydrogen-bond donors (Lipinski definition) is 0. The van der Waals surface area contributed by atoms with E-state index in [1.165, 1.54) is 16.7 Å². The largest absolute Gasteiger partial charge is 0.501 e. The van der Waals surface area contributed by atoms with Gasteiger partial charge in [0.25, 0.3) is 0 Å². The number of pyridine rings is 1. The van der Waals surface area contributed by atoms with Crippen molar-refractivity contribution >= 4 is 5.57 Å². The molecule has 0 spiro atoms. The topological polar surface area (TPSA) is 22.1 Å². The van der Waals surface area contributed by atoms with Crippen molar-refractivity contribution in [3.63, 3.8) is 0 Å². The second kappa shape index (κ2) is 5.70. The molecule has 0 bridgehead atoms. The fourth-order valence-corrected chi connectivity index (χ4v) is 1.89. The van der Waals surface area contributed by atoms with Crippen LogP contribution in [0.1, 0.15) is 25.1 Å². The van der Waals surface area contributed by atoms with Crippen LogP contribution in [0.5, 0.6) is 0 Å². The number of aromatic nitrogens is 1. The minimum absolute atomic E-state index is 0.897. The Morgan fingerprint density at radius 2 is 1.68 bits per heavy atom. The van der Waals surface area contributed by atoms with E-state index < -0.39 is 0 Å². The molecule has 1 aromatic heterocycles. The van der Waals surface area contributed by atoms with Crippen LogP contribution in [-0.4, -0.2) is 12.1 Å². The van der Waals surface area contributed by atoms with E-state index in [1.807, 2.05) is 26.1 Å². The smallest absolute Gasteiger partial charge is 0.0975 e. The molecule has 0 saturated carbocycles. The lowest BCUT2D eigenvalue weighted by atomic mass is 10.0. The molecule has 2 heteroatoms. The molecule has 0 aliphatic heterocycles. The molecule has 0 fully saturated rings. The average molecular weight is 253 g/mol. The normalized spacial score (nSPS) is 12.0. The number of aryl methyl sites for hydroxylation is 1. The third-order valence-electron chi connectivity index (χ3n) is 3.36. The van der Waals surface area contributed by atoms with Crippen LogP contribution < -0.4 is 0 Å². The quantitative estimate of drug-likeness (QED) is 0.754. The maximum Gasteiger partial charge on any atom is 0.0975 e. The summed E-state index contributed by atoms with van der Waals surface area (Å²) in [7, 11) is 1.68. The van der Waals surface area contributed by atoms with Gasteiger partial charge in [-0.25, -0.2) is 0 Å². The summed E-state index contributed by atoms with van der Waals surface area (Å²) in [5, 5.41) is 0. The van der Waals surface area contributed by atoms with Crippen LogP contribution in [0.25, 0.3) is 16.7 Å². The minimum Gasteiger partial charge on any atom is -0.501 e. The van der Waals surface area contributed by atoms with Gasteiger partial charge in [-0.2, -0.15) is 0 Å². The first-order chi connectivity index (χ1) is 9.11. The SMILES string of the molecule is CO/C(C)=C(/C)c1cc(-c2ccc(C)cc2)ccn1. The number of allylic oxidation sites excluding steroid dienone is 2. The standard InChI is InChI=1S/C17H19NO/c1-12-5-7-15(8-6-12)16-9-10-18-17(11-16)13(2)14(3)19-4/h5-11H,1-4H3/b14-13-. The first-order valence-electron chi connectivity index (χ1n) is 6.36. The predicted octanol–water partition coefficient (Wildman–Crippen LogP) is 4.45. The maximum absolute atomic E-state index is 5.27. The van der Waals surface area contributed by atoms with E-state index in [-0.39, 0.29) is 0 Å². The molecule has 2 aromatic rings. The summed E-state index contributed by atoms with van der Waals surface area (Å²) in [6, 6.07) is 12.6. The number of ether oxygens (including phenoxy) is 1. The Morgan fingerprint density at radius 1 is 1.00 bits per heavy atom. The molecule has 0 unspecified atom stereocenters. The van der Waals surface area contributed by atoms with Gasteiger partial charge in [-0.05, 0) is 44.0 Å². The molecular weight excluding hydrogens is 234 g/mol. The Labute approximate surface area is 114 Å². The van der Waals surface area contributed by atoms with Crippen molar-refractivity contribution in [2.45, 2.75) is 20.8 Å². The monoisotopic (exact) mass is 253 g/mol. The van der Waals surface area contributed by atoms with Crippen molar-refractivity contribution in [1.82, 2.24) is 4.98 Å². The van der Waals surface area contributed by atoms with E-state index in [0.29, 0.717) is 0 Å². The van der Waals surface area contributed by atoms with Crippen molar-refractivity contribution in [1.29, 1.82) is 0 Å².